The van der Waals surface area contributed by atoms with E-state index in [1.165, 1.54) is 0 Å². The Bertz CT molecular complexity index is 1300. The molecule has 0 radical (unpaired) electrons. The Hall–Kier alpha value is -2.48. The molecule has 0 atom stereocenters. The summed E-state index contributed by atoms with van der Waals surface area (Å²) in [6.07, 6.45) is 0. The number of alkyl halides is 3. The Morgan fingerprint density at radius 2 is 1.59 bits per heavy atom. The van der Waals surface area contributed by atoms with Crippen molar-refractivity contribution >= 4 is 40.4 Å². The highest BCUT2D eigenvalue weighted by Gasteiger charge is 2.32. The first-order chi connectivity index (χ1) is 13.7. The minimum atomic E-state index is -1.93. The van der Waals surface area contributed by atoms with Gasteiger partial charge >= 0.3 is 0 Å². The summed E-state index contributed by atoms with van der Waals surface area (Å²) in [5, 5.41) is 2.70. The summed E-state index contributed by atoms with van der Waals surface area (Å²) >= 11 is 18.2. The SMILES string of the molecule is O=c1cc(-c2cc(F)c(F)cc2F)nc2c(-c3ccccc3)c(C(Cl)(Cl)Cl)[nH]n12. The van der Waals surface area contributed by atoms with Gasteiger partial charge in [-0.15, -0.1) is 0 Å². The van der Waals surface area contributed by atoms with Gasteiger partial charge in [-0.3, -0.25) is 9.89 Å². The third-order valence-electron chi connectivity index (χ3n) is 4.25. The van der Waals surface area contributed by atoms with Crippen LogP contribution in [-0.4, -0.2) is 14.6 Å². The lowest BCUT2D eigenvalue weighted by molar-refractivity contribution is 0.496. The van der Waals surface area contributed by atoms with E-state index in [1.54, 1.807) is 30.3 Å². The Labute approximate surface area is 176 Å². The van der Waals surface area contributed by atoms with Crippen LogP contribution in [0.25, 0.3) is 28.0 Å². The van der Waals surface area contributed by atoms with E-state index in [0.717, 1.165) is 10.6 Å². The van der Waals surface area contributed by atoms with Crippen molar-refractivity contribution in [1.82, 2.24) is 14.6 Å². The third kappa shape index (κ3) is 3.50. The van der Waals surface area contributed by atoms with Crippen LogP contribution >= 0.6 is 34.8 Å². The molecular weight excluding hydrogens is 450 g/mol. The van der Waals surface area contributed by atoms with E-state index in [1.807, 2.05) is 0 Å². The highest BCUT2D eigenvalue weighted by molar-refractivity contribution is 6.66. The smallest absolute Gasteiger partial charge is 0.273 e. The van der Waals surface area contributed by atoms with Crippen molar-refractivity contribution in [3.05, 3.63) is 82.0 Å². The normalized spacial score (nSPS) is 11.9. The van der Waals surface area contributed by atoms with E-state index in [9.17, 15) is 18.0 Å². The van der Waals surface area contributed by atoms with Crippen LogP contribution in [0.1, 0.15) is 5.69 Å². The van der Waals surface area contributed by atoms with Crippen LogP contribution in [0.2, 0.25) is 0 Å². The van der Waals surface area contributed by atoms with Crippen LogP contribution in [0.15, 0.2) is 53.3 Å². The lowest BCUT2D eigenvalue weighted by Gasteiger charge is -2.11. The van der Waals surface area contributed by atoms with Gasteiger partial charge < -0.3 is 0 Å². The number of benzene rings is 2. The quantitative estimate of drug-likeness (QED) is 0.314. The number of aromatic amines is 1. The molecule has 0 aliphatic carbocycles. The zero-order valence-electron chi connectivity index (χ0n) is 14.2. The number of rotatable bonds is 2. The van der Waals surface area contributed by atoms with E-state index in [2.05, 4.69) is 10.1 Å². The van der Waals surface area contributed by atoms with E-state index >= 15 is 0 Å². The van der Waals surface area contributed by atoms with Crippen LogP contribution in [-0.2, 0) is 3.79 Å². The van der Waals surface area contributed by atoms with Gasteiger partial charge in [0.05, 0.1) is 17.0 Å². The standard InChI is InChI=1S/C19H9Cl3F3N3O/c20-19(21,22)17-16(9-4-2-1-3-5-9)18-26-14(8-15(29)28(18)27-17)10-6-12(24)13(25)7-11(10)23/h1-8,27H. The largest absolute Gasteiger partial charge is 0.289 e. The van der Waals surface area contributed by atoms with Crippen LogP contribution in [0.4, 0.5) is 13.2 Å². The van der Waals surface area contributed by atoms with Gasteiger partial charge in [0.1, 0.15) is 5.82 Å². The van der Waals surface area contributed by atoms with E-state index in [0.29, 0.717) is 23.3 Å². The zero-order valence-corrected chi connectivity index (χ0v) is 16.5. The summed E-state index contributed by atoms with van der Waals surface area (Å²) in [5.41, 5.74) is -0.260. The Kier molecular flexibility index (Phi) is 4.85. The monoisotopic (exact) mass is 457 g/mol. The maximum absolute atomic E-state index is 14.2. The molecule has 4 aromatic rings. The summed E-state index contributed by atoms with van der Waals surface area (Å²) < 4.78 is 40.3. The van der Waals surface area contributed by atoms with Crippen LogP contribution in [0.3, 0.4) is 0 Å². The Morgan fingerprint density at radius 1 is 0.931 bits per heavy atom. The second-order valence-electron chi connectivity index (χ2n) is 6.11. The molecular formula is C19H9Cl3F3N3O. The molecule has 1 N–H and O–H groups in total. The van der Waals surface area contributed by atoms with Crippen LogP contribution < -0.4 is 5.56 Å². The lowest BCUT2D eigenvalue weighted by atomic mass is 10.1. The van der Waals surface area contributed by atoms with Crippen molar-refractivity contribution in [3.8, 4) is 22.4 Å². The molecule has 0 amide bonds. The molecule has 4 nitrogen and oxygen atoms in total. The second kappa shape index (κ2) is 7.09. The zero-order chi connectivity index (χ0) is 20.9. The molecule has 0 unspecified atom stereocenters. The third-order valence-corrected chi connectivity index (χ3v) is 4.81. The molecule has 0 aliphatic heterocycles. The van der Waals surface area contributed by atoms with Crippen LogP contribution in [0.5, 0.6) is 0 Å². The van der Waals surface area contributed by atoms with Crippen LogP contribution in [0, 0.1) is 17.5 Å². The van der Waals surface area contributed by atoms with Gasteiger partial charge in [-0.2, -0.15) is 0 Å². The lowest BCUT2D eigenvalue weighted by Crippen LogP contribution is -2.15. The predicted octanol–water partition coefficient (Wildman–Crippen LogP) is 5.60. The first-order valence-corrected chi connectivity index (χ1v) is 9.23. The highest BCUT2D eigenvalue weighted by atomic mass is 35.6. The molecule has 148 valence electrons. The summed E-state index contributed by atoms with van der Waals surface area (Å²) in [5.74, 6) is -3.70. The molecule has 0 saturated carbocycles. The fourth-order valence-electron chi connectivity index (χ4n) is 2.98. The molecule has 29 heavy (non-hydrogen) atoms. The van der Waals surface area contributed by atoms with Gasteiger partial charge in [0, 0.05) is 17.7 Å². The number of aromatic nitrogens is 3. The predicted molar refractivity (Wildman–Crippen MR) is 106 cm³/mol. The summed E-state index contributed by atoms with van der Waals surface area (Å²) in [4.78, 5) is 16.9. The maximum atomic E-state index is 14.2. The van der Waals surface area contributed by atoms with Gasteiger partial charge in [0.25, 0.3) is 5.56 Å². The van der Waals surface area contributed by atoms with Crippen molar-refractivity contribution in [2.45, 2.75) is 3.79 Å². The molecule has 4 rings (SSSR count). The molecule has 2 aromatic heterocycles. The van der Waals surface area contributed by atoms with Crippen molar-refractivity contribution < 1.29 is 13.2 Å². The number of halogens is 6. The summed E-state index contributed by atoms with van der Waals surface area (Å²) in [6.45, 7) is 0. The van der Waals surface area contributed by atoms with E-state index in [-0.39, 0.29) is 22.6 Å². The van der Waals surface area contributed by atoms with Crippen molar-refractivity contribution in [2.24, 2.45) is 0 Å². The first kappa shape index (κ1) is 19.8. The number of nitrogens with one attached hydrogen (secondary N) is 1. The highest BCUT2D eigenvalue weighted by Crippen LogP contribution is 2.43. The van der Waals surface area contributed by atoms with Gasteiger partial charge in [-0.1, -0.05) is 65.1 Å². The minimum Gasteiger partial charge on any atom is -0.289 e. The average Bonchev–Trinajstić information content (AvgIpc) is 3.06. The fourth-order valence-corrected chi connectivity index (χ4v) is 3.39. The topological polar surface area (TPSA) is 50.2 Å². The molecule has 2 aromatic carbocycles. The molecule has 0 bridgehead atoms. The molecule has 0 saturated heterocycles. The second-order valence-corrected chi connectivity index (χ2v) is 8.39. The van der Waals surface area contributed by atoms with Gasteiger partial charge in [-0.25, -0.2) is 22.7 Å². The first-order valence-electron chi connectivity index (χ1n) is 8.10. The maximum Gasteiger partial charge on any atom is 0.273 e. The molecule has 10 heteroatoms. The number of nitrogens with zero attached hydrogens (tertiary/aromatic N) is 2. The number of fused-ring (bicyclic) bond motifs is 1. The van der Waals surface area contributed by atoms with E-state index < -0.39 is 26.8 Å². The van der Waals surface area contributed by atoms with Gasteiger partial charge in [-0.05, 0) is 11.6 Å². The molecule has 0 aliphatic rings. The summed E-state index contributed by atoms with van der Waals surface area (Å²) in [6, 6.07) is 10.6. The Balaban J connectivity index is 2.08. The van der Waals surface area contributed by atoms with Crippen molar-refractivity contribution in [2.75, 3.05) is 0 Å². The molecule has 2 heterocycles. The van der Waals surface area contributed by atoms with Crippen molar-refractivity contribution in [3.63, 3.8) is 0 Å². The number of hydrogen-bond acceptors (Lipinski definition) is 2. The van der Waals surface area contributed by atoms with Gasteiger partial charge in [0.15, 0.2) is 17.3 Å². The number of hydrogen-bond donors (Lipinski definition) is 1. The van der Waals surface area contributed by atoms with Crippen molar-refractivity contribution in [1.29, 1.82) is 0 Å². The Morgan fingerprint density at radius 3 is 2.24 bits per heavy atom. The average molecular weight is 459 g/mol. The molecule has 0 spiro atoms. The van der Waals surface area contributed by atoms with Gasteiger partial charge in [0.2, 0.25) is 3.79 Å². The van der Waals surface area contributed by atoms with E-state index in [4.69, 9.17) is 34.8 Å². The minimum absolute atomic E-state index is 0.0316. The summed E-state index contributed by atoms with van der Waals surface area (Å²) in [7, 11) is 0. The fraction of sp³-hybridized carbons (Fsp3) is 0.0526. The number of H-pyrrole nitrogens is 1. The molecule has 0 fully saturated rings.